The molecule has 0 fully saturated rings. The second-order valence-electron chi connectivity index (χ2n) is 8.91. The average Bonchev–Trinajstić information content (AvgIpc) is 3.11. The molecule has 0 spiro atoms. The predicted molar refractivity (Wildman–Crippen MR) is 121 cm³/mol. The Hall–Kier alpha value is -2.83. The largest absolute Gasteiger partial charge is 0.332 e. The molecule has 7 nitrogen and oxygen atoms in total. The molecule has 0 unspecified atom stereocenters. The van der Waals surface area contributed by atoms with Crippen LogP contribution in [0.2, 0.25) is 0 Å². The normalized spacial score (nSPS) is 16.5. The number of aromatic nitrogens is 4. The minimum Gasteiger partial charge on any atom is -0.312 e. The molecule has 1 aromatic carbocycles. The molecule has 0 N–H and O–H groups in total. The number of hydrogen-bond donors (Lipinski definition) is 0. The van der Waals surface area contributed by atoms with Gasteiger partial charge in [0, 0.05) is 32.4 Å². The molecule has 30 heavy (non-hydrogen) atoms. The molecular weight excluding hydrogens is 378 g/mol. The number of hydrogen-bond acceptors (Lipinski definition) is 4. The summed E-state index contributed by atoms with van der Waals surface area (Å²) in [4.78, 5) is 33.2. The fraction of sp³-hybridized carbons (Fsp3) is 0.522. The maximum Gasteiger partial charge on any atom is 0.332 e. The van der Waals surface area contributed by atoms with Gasteiger partial charge in [-0.05, 0) is 42.4 Å². The van der Waals surface area contributed by atoms with Gasteiger partial charge < -0.3 is 9.47 Å². The van der Waals surface area contributed by atoms with Gasteiger partial charge in [-0.15, -0.1) is 0 Å². The summed E-state index contributed by atoms with van der Waals surface area (Å²) in [6.07, 6.45) is 1.78. The Morgan fingerprint density at radius 3 is 2.47 bits per heavy atom. The van der Waals surface area contributed by atoms with E-state index in [0.29, 0.717) is 36.1 Å². The van der Waals surface area contributed by atoms with Gasteiger partial charge in [0.2, 0.25) is 5.95 Å². The molecule has 0 saturated heterocycles. The maximum absolute atomic E-state index is 13.4. The number of rotatable bonds is 5. The first-order valence-electron chi connectivity index (χ1n) is 10.9. The van der Waals surface area contributed by atoms with E-state index in [1.54, 1.807) is 7.05 Å². The highest BCUT2D eigenvalue weighted by molar-refractivity contribution is 5.77. The third kappa shape index (κ3) is 3.36. The van der Waals surface area contributed by atoms with Gasteiger partial charge in [-0.25, -0.2) is 4.79 Å². The van der Waals surface area contributed by atoms with E-state index in [9.17, 15) is 9.59 Å². The van der Waals surface area contributed by atoms with Gasteiger partial charge in [0.1, 0.15) is 0 Å². The number of imidazole rings is 1. The lowest BCUT2D eigenvalue weighted by atomic mass is 10.1. The standard InChI is InChI=1S/C23H31N5O2/c1-6-17-7-9-18(10-8-17)27-13-16(4)14-28-19-20(24-22(27)28)25(5)23(30)26(21(19)29)12-11-15(2)3/h7-10,15-16H,6,11-14H2,1-5H3/t16-/m0/s1. The lowest BCUT2D eigenvalue weighted by Gasteiger charge is -2.33. The number of aryl methyl sites for hydroxylation is 2. The van der Waals surface area contributed by atoms with Gasteiger partial charge in [-0.2, -0.15) is 4.98 Å². The molecule has 4 rings (SSSR count). The summed E-state index contributed by atoms with van der Waals surface area (Å²) >= 11 is 0. The minimum absolute atomic E-state index is 0.233. The van der Waals surface area contributed by atoms with Crippen LogP contribution in [-0.4, -0.2) is 25.2 Å². The van der Waals surface area contributed by atoms with Gasteiger partial charge in [0.25, 0.3) is 5.56 Å². The van der Waals surface area contributed by atoms with E-state index in [-0.39, 0.29) is 11.2 Å². The second kappa shape index (κ2) is 7.78. The zero-order chi connectivity index (χ0) is 21.6. The molecule has 0 amide bonds. The van der Waals surface area contributed by atoms with Crippen molar-refractivity contribution in [1.29, 1.82) is 0 Å². The fourth-order valence-corrected chi connectivity index (χ4v) is 4.22. The van der Waals surface area contributed by atoms with Crippen LogP contribution in [-0.2, 0) is 26.6 Å². The smallest absolute Gasteiger partial charge is 0.312 e. The highest BCUT2D eigenvalue weighted by Gasteiger charge is 2.29. The van der Waals surface area contributed by atoms with Crippen LogP contribution in [0.25, 0.3) is 11.2 Å². The Morgan fingerprint density at radius 1 is 1.13 bits per heavy atom. The zero-order valence-corrected chi connectivity index (χ0v) is 18.6. The molecule has 2 aromatic heterocycles. The van der Waals surface area contributed by atoms with E-state index >= 15 is 0 Å². The first-order chi connectivity index (χ1) is 14.3. The van der Waals surface area contributed by atoms with E-state index < -0.39 is 0 Å². The first kappa shape index (κ1) is 20.4. The number of fused-ring (bicyclic) bond motifs is 3. The van der Waals surface area contributed by atoms with Gasteiger partial charge in [-0.3, -0.25) is 13.9 Å². The summed E-state index contributed by atoms with van der Waals surface area (Å²) in [5.41, 5.74) is 2.80. The molecule has 0 aliphatic carbocycles. The van der Waals surface area contributed by atoms with Crippen molar-refractivity contribution in [3.63, 3.8) is 0 Å². The lowest BCUT2D eigenvalue weighted by molar-refractivity contribution is 0.455. The zero-order valence-electron chi connectivity index (χ0n) is 18.6. The van der Waals surface area contributed by atoms with E-state index in [1.807, 2.05) is 4.57 Å². The molecular formula is C23H31N5O2. The number of benzene rings is 1. The van der Waals surface area contributed by atoms with Crippen molar-refractivity contribution in [2.45, 2.75) is 53.6 Å². The Morgan fingerprint density at radius 2 is 1.83 bits per heavy atom. The molecule has 1 aliphatic heterocycles. The molecule has 1 aliphatic rings. The summed E-state index contributed by atoms with van der Waals surface area (Å²) in [5, 5.41) is 0. The van der Waals surface area contributed by atoms with Crippen LogP contribution < -0.4 is 16.1 Å². The molecule has 160 valence electrons. The minimum atomic E-state index is -0.296. The van der Waals surface area contributed by atoms with E-state index in [0.717, 1.165) is 31.0 Å². The van der Waals surface area contributed by atoms with Crippen LogP contribution in [0.5, 0.6) is 0 Å². The van der Waals surface area contributed by atoms with Crippen LogP contribution in [0.4, 0.5) is 11.6 Å². The van der Waals surface area contributed by atoms with Gasteiger partial charge in [0.05, 0.1) is 0 Å². The fourth-order valence-electron chi connectivity index (χ4n) is 4.22. The molecule has 7 heteroatoms. The highest BCUT2D eigenvalue weighted by Crippen LogP contribution is 2.32. The van der Waals surface area contributed by atoms with Crippen molar-refractivity contribution in [2.24, 2.45) is 18.9 Å². The summed E-state index contributed by atoms with van der Waals surface area (Å²) in [6, 6.07) is 8.49. The van der Waals surface area contributed by atoms with Crippen molar-refractivity contribution in [1.82, 2.24) is 18.7 Å². The van der Waals surface area contributed by atoms with E-state index in [2.05, 4.69) is 56.9 Å². The lowest BCUT2D eigenvalue weighted by Crippen LogP contribution is -2.40. The molecule has 3 aromatic rings. The monoisotopic (exact) mass is 409 g/mol. The number of anilines is 2. The predicted octanol–water partition coefficient (Wildman–Crippen LogP) is 3.29. The van der Waals surface area contributed by atoms with Crippen molar-refractivity contribution < 1.29 is 0 Å². The summed E-state index contributed by atoms with van der Waals surface area (Å²) in [7, 11) is 1.71. The third-order valence-corrected chi connectivity index (χ3v) is 6.03. The summed E-state index contributed by atoms with van der Waals surface area (Å²) in [5.74, 6) is 1.50. The van der Waals surface area contributed by atoms with Gasteiger partial charge in [-0.1, -0.05) is 39.8 Å². The van der Waals surface area contributed by atoms with Crippen LogP contribution in [0.1, 0.15) is 39.7 Å². The molecule has 0 radical (unpaired) electrons. The Kier molecular flexibility index (Phi) is 5.30. The number of nitrogens with zero attached hydrogens (tertiary/aromatic N) is 5. The topological polar surface area (TPSA) is 65.1 Å². The Balaban J connectivity index is 1.91. The SMILES string of the molecule is CCc1ccc(N2C[C@H](C)Cn3c2nc2c3c(=O)n(CCC(C)C)c(=O)n2C)cc1. The second-order valence-corrected chi connectivity index (χ2v) is 8.91. The van der Waals surface area contributed by atoms with Crippen LogP contribution in [0, 0.1) is 11.8 Å². The quantitative estimate of drug-likeness (QED) is 0.649. The maximum atomic E-state index is 13.4. The highest BCUT2D eigenvalue weighted by atomic mass is 16.2. The van der Waals surface area contributed by atoms with Crippen molar-refractivity contribution >= 4 is 22.8 Å². The van der Waals surface area contributed by atoms with Crippen LogP contribution >= 0.6 is 0 Å². The average molecular weight is 410 g/mol. The van der Waals surface area contributed by atoms with Crippen LogP contribution in [0.3, 0.4) is 0 Å². The summed E-state index contributed by atoms with van der Waals surface area (Å²) < 4.78 is 4.90. The molecule has 0 saturated carbocycles. The van der Waals surface area contributed by atoms with Crippen molar-refractivity contribution in [3.8, 4) is 0 Å². The summed E-state index contributed by atoms with van der Waals surface area (Å²) in [6.45, 7) is 10.5. The van der Waals surface area contributed by atoms with Crippen molar-refractivity contribution in [2.75, 3.05) is 11.4 Å². The molecule has 0 bridgehead atoms. The molecule has 3 heterocycles. The molecule has 1 atom stereocenters. The van der Waals surface area contributed by atoms with Gasteiger partial charge in [0.15, 0.2) is 11.2 Å². The van der Waals surface area contributed by atoms with Crippen LogP contribution in [0.15, 0.2) is 33.9 Å². The van der Waals surface area contributed by atoms with E-state index in [4.69, 9.17) is 4.98 Å². The Bertz CT molecular complexity index is 1180. The van der Waals surface area contributed by atoms with E-state index in [1.165, 1.54) is 14.7 Å². The Labute approximate surface area is 176 Å². The van der Waals surface area contributed by atoms with Crippen molar-refractivity contribution in [3.05, 3.63) is 50.7 Å². The van der Waals surface area contributed by atoms with Gasteiger partial charge >= 0.3 is 5.69 Å². The third-order valence-electron chi connectivity index (χ3n) is 6.03. The first-order valence-corrected chi connectivity index (χ1v) is 10.9.